The van der Waals surface area contributed by atoms with Crippen LogP contribution in [-0.4, -0.2) is 24.9 Å². The molecule has 2 atom stereocenters. The van der Waals surface area contributed by atoms with E-state index in [1.807, 2.05) is 24.3 Å². The first kappa shape index (κ1) is 22.7. The number of benzene rings is 1. The molecule has 156 valence electrons. The Balaban J connectivity index is 0.00000280. The van der Waals surface area contributed by atoms with E-state index in [0.29, 0.717) is 24.8 Å². The molecule has 2 amide bonds. The molecule has 0 bridgehead atoms. The van der Waals surface area contributed by atoms with E-state index >= 15 is 0 Å². The summed E-state index contributed by atoms with van der Waals surface area (Å²) in [5, 5.41) is 9.48. The number of piperidine rings is 1. The third kappa shape index (κ3) is 6.78. The van der Waals surface area contributed by atoms with Crippen molar-refractivity contribution in [3.63, 3.8) is 0 Å². The van der Waals surface area contributed by atoms with Crippen molar-refractivity contribution in [2.24, 2.45) is 17.8 Å². The summed E-state index contributed by atoms with van der Waals surface area (Å²) in [6.45, 7) is 4.80. The van der Waals surface area contributed by atoms with Crippen molar-refractivity contribution in [2.45, 2.75) is 58.4 Å². The Morgan fingerprint density at radius 3 is 2.68 bits per heavy atom. The first-order valence-corrected chi connectivity index (χ1v) is 10.5. The monoisotopic (exact) mass is 407 g/mol. The van der Waals surface area contributed by atoms with Gasteiger partial charge in [-0.2, -0.15) is 0 Å². The van der Waals surface area contributed by atoms with Gasteiger partial charge in [-0.25, -0.2) is 0 Å². The lowest BCUT2D eigenvalue weighted by Crippen LogP contribution is -2.35. The number of anilines is 1. The highest BCUT2D eigenvalue weighted by Gasteiger charge is 2.23. The Morgan fingerprint density at radius 2 is 1.96 bits per heavy atom. The number of carbonyl (C=O) groups is 2. The van der Waals surface area contributed by atoms with Gasteiger partial charge in [0, 0.05) is 24.6 Å². The standard InChI is InChI=1S/C22H33N3O2.ClH/c1-16(19-9-5-11-23-15-19)12-21(26)24-14-17-6-4-10-20(13-17)25-22(27)18-7-2-3-8-18;/h4,6,10,13,16,18-19,23H,2-3,5,7-9,11-12,14-15H2,1H3,(H,24,26)(H,25,27);1H. The number of nitrogens with one attached hydrogen (secondary N) is 3. The van der Waals surface area contributed by atoms with Crippen LogP contribution in [0.25, 0.3) is 0 Å². The van der Waals surface area contributed by atoms with Crippen molar-refractivity contribution in [2.75, 3.05) is 18.4 Å². The van der Waals surface area contributed by atoms with Crippen molar-refractivity contribution >= 4 is 29.9 Å². The molecule has 1 aromatic carbocycles. The topological polar surface area (TPSA) is 70.2 Å². The van der Waals surface area contributed by atoms with Crippen LogP contribution in [-0.2, 0) is 16.1 Å². The third-order valence-electron chi connectivity index (χ3n) is 6.06. The summed E-state index contributed by atoms with van der Waals surface area (Å²) in [6, 6.07) is 7.79. The maximum atomic E-state index is 12.3. The van der Waals surface area contributed by atoms with Gasteiger partial charge in [-0.05, 0) is 68.3 Å². The van der Waals surface area contributed by atoms with E-state index in [4.69, 9.17) is 0 Å². The third-order valence-corrected chi connectivity index (χ3v) is 6.06. The number of amides is 2. The molecule has 1 aliphatic carbocycles. The predicted octanol–water partition coefficient (Wildman–Crippen LogP) is 3.88. The zero-order valence-corrected chi connectivity index (χ0v) is 17.7. The summed E-state index contributed by atoms with van der Waals surface area (Å²) in [5.74, 6) is 1.38. The molecule has 0 radical (unpaired) electrons. The Morgan fingerprint density at radius 1 is 1.18 bits per heavy atom. The van der Waals surface area contributed by atoms with Crippen LogP contribution >= 0.6 is 12.4 Å². The summed E-state index contributed by atoms with van der Waals surface area (Å²) in [6.07, 6.45) is 7.29. The van der Waals surface area contributed by atoms with E-state index in [9.17, 15) is 9.59 Å². The second kappa shape index (κ2) is 11.4. The molecule has 5 nitrogen and oxygen atoms in total. The van der Waals surface area contributed by atoms with Gasteiger partial charge in [0.05, 0.1) is 0 Å². The van der Waals surface area contributed by atoms with Crippen LogP contribution in [0.3, 0.4) is 0 Å². The Bertz CT molecular complexity index is 640. The van der Waals surface area contributed by atoms with Gasteiger partial charge in [-0.15, -0.1) is 12.4 Å². The average Bonchev–Trinajstić information content (AvgIpc) is 3.22. The Hall–Kier alpha value is -1.59. The van der Waals surface area contributed by atoms with Gasteiger partial charge in [-0.3, -0.25) is 9.59 Å². The zero-order chi connectivity index (χ0) is 19.1. The van der Waals surface area contributed by atoms with Crippen molar-refractivity contribution in [3.05, 3.63) is 29.8 Å². The minimum atomic E-state index is 0. The van der Waals surface area contributed by atoms with Crippen LogP contribution in [0.5, 0.6) is 0 Å². The van der Waals surface area contributed by atoms with Crippen LogP contribution in [0.15, 0.2) is 24.3 Å². The molecule has 1 saturated heterocycles. The summed E-state index contributed by atoms with van der Waals surface area (Å²) >= 11 is 0. The second-order valence-electron chi connectivity index (χ2n) is 8.24. The minimum Gasteiger partial charge on any atom is -0.352 e. The van der Waals surface area contributed by atoms with E-state index in [0.717, 1.165) is 50.0 Å². The molecule has 28 heavy (non-hydrogen) atoms. The van der Waals surface area contributed by atoms with Crippen molar-refractivity contribution < 1.29 is 9.59 Å². The molecule has 0 aromatic heterocycles. The lowest BCUT2D eigenvalue weighted by molar-refractivity contribution is -0.122. The van der Waals surface area contributed by atoms with Crippen molar-refractivity contribution in [3.8, 4) is 0 Å². The molecule has 1 aromatic rings. The fourth-order valence-electron chi connectivity index (χ4n) is 4.29. The van der Waals surface area contributed by atoms with Crippen LogP contribution in [0, 0.1) is 17.8 Å². The highest BCUT2D eigenvalue weighted by Crippen LogP contribution is 2.26. The molecular formula is C22H34ClN3O2. The molecular weight excluding hydrogens is 374 g/mol. The number of hydrogen-bond acceptors (Lipinski definition) is 3. The van der Waals surface area contributed by atoms with Gasteiger partial charge >= 0.3 is 0 Å². The SMILES string of the molecule is CC(CC(=O)NCc1cccc(NC(=O)C2CCCC2)c1)C1CCCNC1.Cl. The number of hydrogen-bond donors (Lipinski definition) is 3. The summed E-state index contributed by atoms with van der Waals surface area (Å²) < 4.78 is 0. The van der Waals surface area contributed by atoms with Crippen LogP contribution in [0.1, 0.15) is 57.4 Å². The average molecular weight is 408 g/mol. The second-order valence-corrected chi connectivity index (χ2v) is 8.24. The Kier molecular flexibility index (Phi) is 9.26. The minimum absolute atomic E-state index is 0. The lowest BCUT2D eigenvalue weighted by Gasteiger charge is -2.28. The molecule has 0 spiro atoms. The smallest absolute Gasteiger partial charge is 0.227 e. The van der Waals surface area contributed by atoms with Gasteiger partial charge in [0.2, 0.25) is 11.8 Å². The van der Waals surface area contributed by atoms with Crippen LogP contribution in [0.2, 0.25) is 0 Å². The van der Waals surface area contributed by atoms with Crippen molar-refractivity contribution in [1.29, 1.82) is 0 Å². The molecule has 2 aliphatic rings. The molecule has 2 fully saturated rings. The molecule has 3 N–H and O–H groups in total. The maximum absolute atomic E-state index is 12.3. The molecule has 1 aliphatic heterocycles. The van der Waals surface area contributed by atoms with Crippen LogP contribution < -0.4 is 16.0 Å². The zero-order valence-electron chi connectivity index (χ0n) is 16.8. The number of rotatable bonds is 7. The van der Waals surface area contributed by atoms with Gasteiger partial charge in [-0.1, -0.05) is 31.9 Å². The molecule has 6 heteroatoms. The molecule has 2 unspecified atom stereocenters. The maximum Gasteiger partial charge on any atom is 0.227 e. The van der Waals surface area contributed by atoms with E-state index in [1.165, 1.54) is 12.8 Å². The normalized spacial score (nSPS) is 20.8. The fourth-order valence-corrected chi connectivity index (χ4v) is 4.29. The quantitative estimate of drug-likeness (QED) is 0.642. The number of carbonyl (C=O) groups excluding carboxylic acids is 2. The summed E-state index contributed by atoms with van der Waals surface area (Å²) in [4.78, 5) is 24.6. The summed E-state index contributed by atoms with van der Waals surface area (Å²) in [5.41, 5.74) is 1.83. The van der Waals surface area contributed by atoms with Gasteiger partial charge < -0.3 is 16.0 Å². The number of halogens is 1. The lowest BCUT2D eigenvalue weighted by atomic mass is 9.85. The van der Waals surface area contributed by atoms with E-state index in [2.05, 4.69) is 22.9 Å². The largest absolute Gasteiger partial charge is 0.352 e. The first-order valence-electron chi connectivity index (χ1n) is 10.5. The fraction of sp³-hybridized carbons (Fsp3) is 0.636. The van der Waals surface area contributed by atoms with Crippen molar-refractivity contribution in [1.82, 2.24) is 10.6 Å². The highest BCUT2D eigenvalue weighted by molar-refractivity contribution is 5.92. The highest BCUT2D eigenvalue weighted by atomic mass is 35.5. The predicted molar refractivity (Wildman–Crippen MR) is 115 cm³/mol. The van der Waals surface area contributed by atoms with Crippen LogP contribution in [0.4, 0.5) is 5.69 Å². The van der Waals surface area contributed by atoms with Gasteiger partial charge in [0.15, 0.2) is 0 Å². The molecule has 1 saturated carbocycles. The first-order chi connectivity index (χ1) is 13.1. The summed E-state index contributed by atoms with van der Waals surface area (Å²) in [7, 11) is 0. The molecule has 3 rings (SSSR count). The van der Waals surface area contributed by atoms with E-state index in [-0.39, 0.29) is 30.1 Å². The van der Waals surface area contributed by atoms with E-state index < -0.39 is 0 Å². The molecule has 1 heterocycles. The van der Waals surface area contributed by atoms with Gasteiger partial charge in [0.25, 0.3) is 0 Å². The van der Waals surface area contributed by atoms with Gasteiger partial charge in [0.1, 0.15) is 0 Å². The van der Waals surface area contributed by atoms with E-state index in [1.54, 1.807) is 0 Å². The Labute approximate surface area is 174 Å².